The van der Waals surface area contributed by atoms with Crippen LogP contribution in [-0.4, -0.2) is 29.5 Å². The first-order valence-corrected chi connectivity index (χ1v) is 6.58. The van der Waals surface area contributed by atoms with E-state index in [9.17, 15) is 0 Å². The van der Waals surface area contributed by atoms with Gasteiger partial charge >= 0.3 is 0 Å². The molecule has 4 nitrogen and oxygen atoms in total. The van der Waals surface area contributed by atoms with Gasteiger partial charge in [0.15, 0.2) is 0 Å². The summed E-state index contributed by atoms with van der Waals surface area (Å²) in [5, 5.41) is 7.98. The molecule has 0 saturated carbocycles. The summed E-state index contributed by atoms with van der Waals surface area (Å²) in [4.78, 5) is 0. The predicted molar refractivity (Wildman–Crippen MR) is 70.0 cm³/mol. The zero-order valence-corrected chi connectivity index (χ0v) is 11.3. The standard InChI is InChI=1S/C13H25N3O/c1-4-8-14-12(7-11-17-10-5-2)13-6-9-16(3)15-13/h6,9,12,14H,4-5,7-8,10-11H2,1-3H3. The number of rotatable bonds is 9. The Morgan fingerprint density at radius 2 is 2.18 bits per heavy atom. The molecular formula is C13H25N3O. The molecule has 1 unspecified atom stereocenters. The zero-order valence-electron chi connectivity index (χ0n) is 11.3. The lowest BCUT2D eigenvalue weighted by Gasteiger charge is -2.16. The van der Waals surface area contributed by atoms with Gasteiger partial charge < -0.3 is 10.1 Å². The maximum atomic E-state index is 5.55. The number of nitrogens with one attached hydrogen (secondary N) is 1. The van der Waals surface area contributed by atoms with Crippen LogP contribution in [0, 0.1) is 0 Å². The van der Waals surface area contributed by atoms with Crippen molar-refractivity contribution in [3.05, 3.63) is 18.0 Å². The first-order valence-electron chi connectivity index (χ1n) is 6.58. The topological polar surface area (TPSA) is 39.1 Å². The molecule has 0 fully saturated rings. The molecule has 1 atom stereocenters. The summed E-state index contributed by atoms with van der Waals surface area (Å²) in [5.74, 6) is 0. The largest absolute Gasteiger partial charge is 0.381 e. The van der Waals surface area contributed by atoms with E-state index in [-0.39, 0.29) is 0 Å². The molecule has 1 heterocycles. The van der Waals surface area contributed by atoms with Crippen molar-refractivity contribution < 1.29 is 4.74 Å². The van der Waals surface area contributed by atoms with Crippen molar-refractivity contribution in [2.24, 2.45) is 7.05 Å². The number of nitrogens with zero attached hydrogens (tertiary/aromatic N) is 2. The van der Waals surface area contributed by atoms with E-state index in [4.69, 9.17) is 4.74 Å². The highest BCUT2D eigenvalue weighted by molar-refractivity contribution is 5.05. The van der Waals surface area contributed by atoms with Crippen molar-refractivity contribution in [1.82, 2.24) is 15.1 Å². The second-order valence-corrected chi connectivity index (χ2v) is 4.32. The molecule has 0 aliphatic carbocycles. The maximum absolute atomic E-state index is 5.55. The Balaban J connectivity index is 2.42. The Hall–Kier alpha value is -0.870. The van der Waals surface area contributed by atoms with E-state index in [0.29, 0.717) is 6.04 Å². The molecule has 4 heteroatoms. The third kappa shape index (κ3) is 5.33. The Labute approximate surface area is 104 Å². The van der Waals surface area contributed by atoms with Gasteiger partial charge in [0, 0.05) is 26.5 Å². The van der Waals surface area contributed by atoms with Crippen molar-refractivity contribution in [2.45, 2.75) is 39.2 Å². The van der Waals surface area contributed by atoms with Gasteiger partial charge in [-0.2, -0.15) is 5.10 Å². The second-order valence-electron chi connectivity index (χ2n) is 4.32. The highest BCUT2D eigenvalue weighted by atomic mass is 16.5. The molecule has 0 spiro atoms. The summed E-state index contributed by atoms with van der Waals surface area (Å²) < 4.78 is 7.40. The van der Waals surface area contributed by atoms with Crippen LogP contribution < -0.4 is 5.32 Å². The van der Waals surface area contributed by atoms with Crippen LogP contribution in [0.25, 0.3) is 0 Å². The lowest BCUT2D eigenvalue weighted by Crippen LogP contribution is -2.24. The summed E-state index contributed by atoms with van der Waals surface area (Å²) in [6, 6.07) is 2.39. The summed E-state index contributed by atoms with van der Waals surface area (Å²) in [7, 11) is 1.95. The SMILES string of the molecule is CCCNC(CCOCCC)c1ccn(C)n1. The third-order valence-corrected chi connectivity index (χ3v) is 2.63. The number of hydrogen-bond acceptors (Lipinski definition) is 3. The van der Waals surface area contributed by atoms with E-state index in [1.807, 2.05) is 17.9 Å². The van der Waals surface area contributed by atoms with E-state index < -0.39 is 0 Å². The van der Waals surface area contributed by atoms with Gasteiger partial charge in [-0.3, -0.25) is 4.68 Å². The van der Waals surface area contributed by atoms with Crippen LogP contribution in [0.15, 0.2) is 12.3 Å². The number of aryl methyl sites for hydroxylation is 1. The van der Waals surface area contributed by atoms with Gasteiger partial charge in [-0.05, 0) is 31.9 Å². The van der Waals surface area contributed by atoms with Crippen LogP contribution >= 0.6 is 0 Å². The fraction of sp³-hybridized carbons (Fsp3) is 0.769. The van der Waals surface area contributed by atoms with Gasteiger partial charge in [0.1, 0.15) is 0 Å². The first-order chi connectivity index (χ1) is 8.27. The lowest BCUT2D eigenvalue weighted by molar-refractivity contribution is 0.124. The van der Waals surface area contributed by atoms with Gasteiger partial charge in [-0.1, -0.05) is 13.8 Å². The molecule has 98 valence electrons. The minimum atomic E-state index is 0.313. The molecule has 1 aromatic rings. The van der Waals surface area contributed by atoms with Crippen LogP contribution in [0.1, 0.15) is 44.8 Å². The quantitative estimate of drug-likeness (QED) is 0.672. The molecule has 0 aliphatic rings. The molecule has 1 aromatic heterocycles. The summed E-state index contributed by atoms with van der Waals surface area (Å²) in [6.07, 6.45) is 5.19. The highest BCUT2D eigenvalue weighted by Gasteiger charge is 2.12. The van der Waals surface area contributed by atoms with E-state index in [0.717, 1.165) is 44.7 Å². The molecule has 0 bridgehead atoms. The van der Waals surface area contributed by atoms with Gasteiger partial charge in [-0.25, -0.2) is 0 Å². The first kappa shape index (κ1) is 14.2. The molecule has 0 radical (unpaired) electrons. The molecule has 17 heavy (non-hydrogen) atoms. The Morgan fingerprint density at radius 1 is 1.35 bits per heavy atom. The smallest absolute Gasteiger partial charge is 0.0794 e. The summed E-state index contributed by atoms with van der Waals surface area (Å²) >= 11 is 0. The summed E-state index contributed by atoms with van der Waals surface area (Å²) in [5.41, 5.74) is 1.11. The molecule has 0 amide bonds. The van der Waals surface area contributed by atoms with Gasteiger partial charge in [-0.15, -0.1) is 0 Å². The second kappa shape index (κ2) is 8.25. The minimum absolute atomic E-state index is 0.313. The van der Waals surface area contributed by atoms with Crippen LogP contribution in [-0.2, 0) is 11.8 Å². The van der Waals surface area contributed by atoms with Gasteiger partial charge in [0.05, 0.1) is 11.7 Å². The molecule has 0 aromatic carbocycles. The van der Waals surface area contributed by atoms with Gasteiger partial charge in [0.2, 0.25) is 0 Å². The molecule has 0 aliphatic heterocycles. The van der Waals surface area contributed by atoms with Gasteiger partial charge in [0.25, 0.3) is 0 Å². The van der Waals surface area contributed by atoms with Crippen LogP contribution in [0.2, 0.25) is 0 Å². The fourth-order valence-corrected chi connectivity index (χ4v) is 1.74. The van der Waals surface area contributed by atoms with Crippen LogP contribution in [0.3, 0.4) is 0 Å². The average molecular weight is 239 g/mol. The van der Waals surface area contributed by atoms with Crippen molar-refractivity contribution in [1.29, 1.82) is 0 Å². The maximum Gasteiger partial charge on any atom is 0.0794 e. The third-order valence-electron chi connectivity index (χ3n) is 2.63. The number of ether oxygens (including phenoxy) is 1. The Kier molecular flexibility index (Phi) is 6.89. The van der Waals surface area contributed by atoms with E-state index in [1.54, 1.807) is 0 Å². The van der Waals surface area contributed by atoms with Crippen molar-refractivity contribution in [3.8, 4) is 0 Å². The van der Waals surface area contributed by atoms with E-state index >= 15 is 0 Å². The summed E-state index contributed by atoms with van der Waals surface area (Å²) in [6.45, 7) is 6.98. The number of hydrogen-bond donors (Lipinski definition) is 1. The fourth-order valence-electron chi connectivity index (χ4n) is 1.74. The van der Waals surface area contributed by atoms with Crippen molar-refractivity contribution in [3.63, 3.8) is 0 Å². The zero-order chi connectivity index (χ0) is 12.5. The Morgan fingerprint density at radius 3 is 2.76 bits per heavy atom. The lowest BCUT2D eigenvalue weighted by atomic mass is 10.1. The highest BCUT2D eigenvalue weighted by Crippen LogP contribution is 2.14. The molecule has 0 saturated heterocycles. The molecular weight excluding hydrogens is 214 g/mol. The number of aromatic nitrogens is 2. The molecule has 1 rings (SSSR count). The monoisotopic (exact) mass is 239 g/mol. The Bertz CT molecular complexity index is 299. The van der Waals surface area contributed by atoms with Crippen LogP contribution in [0.5, 0.6) is 0 Å². The minimum Gasteiger partial charge on any atom is -0.381 e. The molecule has 1 N–H and O–H groups in total. The predicted octanol–water partition coefficient (Wildman–Crippen LogP) is 2.28. The van der Waals surface area contributed by atoms with Crippen molar-refractivity contribution >= 4 is 0 Å². The van der Waals surface area contributed by atoms with E-state index in [1.165, 1.54) is 0 Å². The van der Waals surface area contributed by atoms with Crippen LogP contribution in [0.4, 0.5) is 0 Å². The average Bonchev–Trinajstić information content (AvgIpc) is 2.75. The van der Waals surface area contributed by atoms with E-state index in [2.05, 4.69) is 30.3 Å². The van der Waals surface area contributed by atoms with Crippen molar-refractivity contribution in [2.75, 3.05) is 19.8 Å². The normalized spacial score (nSPS) is 12.9.